The summed E-state index contributed by atoms with van der Waals surface area (Å²) in [7, 11) is 0. The van der Waals surface area contributed by atoms with E-state index in [2.05, 4.69) is 0 Å². The first-order valence-electron chi connectivity index (χ1n) is 5.17. The molecule has 2 saturated heterocycles. The Balaban J connectivity index is 2.26. The van der Waals surface area contributed by atoms with Crippen molar-refractivity contribution in [1.29, 1.82) is 0 Å². The number of Topliss-reactive ketones (excluding diaryl/α,β-unsaturated/α-hetero) is 1. The van der Waals surface area contributed by atoms with Gasteiger partial charge in [0.1, 0.15) is 0 Å². The third-order valence-corrected chi connectivity index (χ3v) is 3.19. The summed E-state index contributed by atoms with van der Waals surface area (Å²) < 4.78 is 5.00. The number of hydrogen-bond donors (Lipinski definition) is 0. The third-order valence-electron chi connectivity index (χ3n) is 3.19. The van der Waals surface area contributed by atoms with Crippen LogP contribution in [0.25, 0.3) is 0 Å². The summed E-state index contributed by atoms with van der Waals surface area (Å²) in [6, 6.07) is 0. The van der Waals surface area contributed by atoms with Gasteiger partial charge in [-0.05, 0) is 26.3 Å². The van der Waals surface area contributed by atoms with Gasteiger partial charge in [0.25, 0.3) is 0 Å². The van der Waals surface area contributed by atoms with Crippen molar-refractivity contribution >= 4 is 11.8 Å². The number of rotatable bonds is 2. The Kier molecular flexibility index (Phi) is 2.31. The van der Waals surface area contributed by atoms with Crippen LogP contribution in [-0.4, -0.2) is 41.9 Å². The predicted molar refractivity (Wildman–Crippen MR) is 49.8 cm³/mol. The molecule has 0 aromatic rings. The zero-order valence-corrected chi connectivity index (χ0v) is 8.41. The van der Waals surface area contributed by atoms with Gasteiger partial charge in [-0.15, -0.1) is 0 Å². The summed E-state index contributed by atoms with van der Waals surface area (Å²) >= 11 is 0. The molecule has 2 aliphatic rings. The minimum absolute atomic E-state index is 0.0495. The van der Waals surface area contributed by atoms with E-state index in [-0.39, 0.29) is 11.8 Å². The fraction of sp³-hybridized carbons (Fsp3) is 0.800. The maximum Gasteiger partial charge on any atom is 0.334 e. The molecule has 4 nitrogen and oxygen atoms in total. The SMILES string of the molecule is CCOC(=O)C12CCCN1CCC2=O. The lowest BCUT2D eigenvalue weighted by Crippen LogP contribution is -2.51. The van der Waals surface area contributed by atoms with E-state index < -0.39 is 5.54 Å². The molecule has 0 amide bonds. The van der Waals surface area contributed by atoms with Crippen molar-refractivity contribution in [3.05, 3.63) is 0 Å². The van der Waals surface area contributed by atoms with Gasteiger partial charge in [-0.2, -0.15) is 0 Å². The summed E-state index contributed by atoms with van der Waals surface area (Å²) in [5, 5.41) is 0. The largest absolute Gasteiger partial charge is 0.464 e. The first kappa shape index (κ1) is 9.65. The number of fused-ring (bicyclic) bond motifs is 1. The van der Waals surface area contributed by atoms with E-state index in [0.717, 1.165) is 19.5 Å². The minimum Gasteiger partial charge on any atom is -0.464 e. The number of carbonyl (C=O) groups excluding carboxylic acids is 2. The smallest absolute Gasteiger partial charge is 0.334 e. The highest BCUT2D eigenvalue weighted by Gasteiger charge is 2.57. The fourth-order valence-electron chi connectivity index (χ4n) is 2.53. The Hall–Kier alpha value is -0.900. The number of ketones is 1. The highest BCUT2D eigenvalue weighted by Crippen LogP contribution is 2.37. The molecular weight excluding hydrogens is 182 g/mol. The number of carbonyl (C=O) groups is 2. The van der Waals surface area contributed by atoms with E-state index in [4.69, 9.17) is 4.74 Å². The van der Waals surface area contributed by atoms with Crippen molar-refractivity contribution < 1.29 is 14.3 Å². The molecule has 0 aliphatic carbocycles. The van der Waals surface area contributed by atoms with E-state index in [0.29, 0.717) is 19.4 Å². The lowest BCUT2D eigenvalue weighted by molar-refractivity contribution is -0.157. The van der Waals surface area contributed by atoms with Gasteiger partial charge in [-0.3, -0.25) is 9.69 Å². The molecule has 0 saturated carbocycles. The first-order chi connectivity index (χ1) is 6.71. The molecule has 0 spiro atoms. The Labute approximate surface area is 83.2 Å². The molecule has 2 rings (SSSR count). The van der Waals surface area contributed by atoms with Gasteiger partial charge in [0.2, 0.25) is 0 Å². The number of esters is 1. The van der Waals surface area contributed by atoms with Crippen molar-refractivity contribution in [2.24, 2.45) is 0 Å². The van der Waals surface area contributed by atoms with Crippen molar-refractivity contribution in [2.75, 3.05) is 19.7 Å². The van der Waals surface area contributed by atoms with Gasteiger partial charge in [0.05, 0.1) is 6.61 Å². The molecule has 1 unspecified atom stereocenters. The quantitative estimate of drug-likeness (QED) is 0.473. The van der Waals surface area contributed by atoms with E-state index in [1.165, 1.54) is 0 Å². The summed E-state index contributed by atoms with van der Waals surface area (Å²) in [4.78, 5) is 25.5. The molecule has 0 aromatic heterocycles. The molecule has 2 heterocycles. The maximum absolute atomic E-state index is 11.8. The van der Waals surface area contributed by atoms with Gasteiger partial charge in [-0.1, -0.05) is 0 Å². The molecular formula is C10H15NO3. The maximum atomic E-state index is 11.8. The Morgan fingerprint density at radius 3 is 3.07 bits per heavy atom. The highest BCUT2D eigenvalue weighted by atomic mass is 16.5. The van der Waals surface area contributed by atoms with Crippen LogP contribution in [0.5, 0.6) is 0 Å². The zero-order valence-electron chi connectivity index (χ0n) is 8.41. The number of hydrogen-bond acceptors (Lipinski definition) is 4. The normalized spacial score (nSPS) is 31.9. The van der Waals surface area contributed by atoms with Crippen LogP contribution in [0, 0.1) is 0 Å². The molecule has 1 atom stereocenters. The van der Waals surface area contributed by atoms with Crippen molar-refractivity contribution in [1.82, 2.24) is 4.90 Å². The second-order valence-electron chi connectivity index (χ2n) is 3.84. The third kappa shape index (κ3) is 1.10. The summed E-state index contributed by atoms with van der Waals surface area (Å²) in [5.74, 6) is -0.284. The lowest BCUT2D eigenvalue weighted by Gasteiger charge is -2.27. The summed E-state index contributed by atoms with van der Waals surface area (Å²) in [5.41, 5.74) is -0.893. The topological polar surface area (TPSA) is 46.6 Å². The van der Waals surface area contributed by atoms with Gasteiger partial charge >= 0.3 is 5.97 Å². The van der Waals surface area contributed by atoms with Gasteiger partial charge in [0.15, 0.2) is 11.3 Å². The average molecular weight is 197 g/mol. The highest BCUT2D eigenvalue weighted by molar-refractivity contribution is 6.10. The van der Waals surface area contributed by atoms with Crippen molar-refractivity contribution in [3.63, 3.8) is 0 Å². The minimum atomic E-state index is -0.893. The standard InChI is InChI=1S/C10H15NO3/c1-2-14-9(13)10-5-3-6-11(10)7-4-8(10)12/h2-7H2,1H3. The molecule has 0 radical (unpaired) electrons. The Morgan fingerprint density at radius 2 is 2.36 bits per heavy atom. The monoisotopic (exact) mass is 197 g/mol. The molecule has 4 heteroatoms. The second kappa shape index (κ2) is 3.35. The van der Waals surface area contributed by atoms with Crippen LogP contribution in [0.2, 0.25) is 0 Å². The van der Waals surface area contributed by atoms with E-state index in [1.807, 2.05) is 4.90 Å². The summed E-state index contributed by atoms with van der Waals surface area (Å²) in [6.45, 7) is 3.69. The van der Waals surface area contributed by atoms with Crippen molar-refractivity contribution in [3.8, 4) is 0 Å². The summed E-state index contributed by atoms with van der Waals surface area (Å²) in [6.07, 6.45) is 2.06. The van der Waals surface area contributed by atoms with Crippen LogP contribution in [0.1, 0.15) is 26.2 Å². The van der Waals surface area contributed by atoms with Crippen LogP contribution in [0.4, 0.5) is 0 Å². The molecule has 2 fully saturated rings. The Bertz CT molecular complexity index is 277. The zero-order chi connectivity index (χ0) is 10.2. The molecule has 0 aromatic carbocycles. The van der Waals surface area contributed by atoms with Crippen molar-refractivity contribution in [2.45, 2.75) is 31.7 Å². The Morgan fingerprint density at radius 1 is 1.57 bits per heavy atom. The number of nitrogens with zero attached hydrogens (tertiary/aromatic N) is 1. The van der Waals surface area contributed by atoms with E-state index in [1.54, 1.807) is 6.92 Å². The van der Waals surface area contributed by atoms with E-state index >= 15 is 0 Å². The fourth-order valence-corrected chi connectivity index (χ4v) is 2.53. The lowest BCUT2D eigenvalue weighted by atomic mass is 9.93. The van der Waals surface area contributed by atoms with Crippen LogP contribution in [0.3, 0.4) is 0 Å². The second-order valence-corrected chi connectivity index (χ2v) is 3.84. The predicted octanol–water partition coefficient (Wildman–Crippen LogP) is 0.357. The molecule has 0 bridgehead atoms. The molecule has 2 aliphatic heterocycles. The van der Waals surface area contributed by atoms with Crippen LogP contribution < -0.4 is 0 Å². The van der Waals surface area contributed by atoms with E-state index in [9.17, 15) is 9.59 Å². The average Bonchev–Trinajstić information content (AvgIpc) is 2.68. The molecule has 78 valence electrons. The molecule has 0 N–H and O–H groups in total. The van der Waals surface area contributed by atoms with Gasteiger partial charge in [0, 0.05) is 13.0 Å². The first-order valence-corrected chi connectivity index (χ1v) is 5.17. The number of ether oxygens (including phenoxy) is 1. The van der Waals surface area contributed by atoms with Crippen LogP contribution in [-0.2, 0) is 14.3 Å². The van der Waals surface area contributed by atoms with Gasteiger partial charge < -0.3 is 4.74 Å². The van der Waals surface area contributed by atoms with Crippen LogP contribution >= 0.6 is 0 Å². The molecule has 14 heavy (non-hydrogen) atoms. The van der Waals surface area contributed by atoms with Crippen LogP contribution in [0.15, 0.2) is 0 Å². The van der Waals surface area contributed by atoms with Gasteiger partial charge in [-0.25, -0.2) is 4.79 Å².